The molecule has 0 saturated carbocycles. The van der Waals surface area contributed by atoms with Gasteiger partial charge in [0, 0.05) is 6.07 Å². The minimum absolute atomic E-state index is 0.262. The molecule has 0 atom stereocenters. The van der Waals surface area contributed by atoms with E-state index in [1.54, 1.807) is 0 Å². The molecule has 3 aromatic rings. The Morgan fingerprint density at radius 1 is 0.964 bits per heavy atom. The van der Waals surface area contributed by atoms with E-state index in [4.69, 9.17) is 4.74 Å². The maximum Gasteiger partial charge on any atom is 0.488 e. The van der Waals surface area contributed by atoms with E-state index < -0.39 is 56.2 Å². The predicted octanol–water partition coefficient (Wildman–Crippen LogP) is 4.34. The minimum Gasteiger partial charge on any atom is -0.449 e. The number of fused-ring (bicyclic) bond motifs is 1. The quantitative estimate of drug-likeness (QED) is 0.460. The number of hydrogen-bond donors (Lipinski definition) is 0. The fourth-order valence-electron chi connectivity index (χ4n) is 2.22. The summed E-state index contributed by atoms with van der Waals surface area (Å²) in [5.74, 6) is -4.68. The molecule has 3 rings (SSSR count). The van der Waals surface area contributed by atoms with Crippen molar-refractivity contribution in [2.24, 2.45) is 0 Å². The minimum atomic E-state index is -5.44. The predicted molar refractivity (Wildman–Crippen MR) is 84.6 cm³/mol. The summed E-state index contributed by atoms with van der Waals surface area (Å²) in [6, 6.07) is 6.14. The van der Waals surface area contributed by atoms with E-state index in [1.807, 2.05) is 0 Å². The average Bonchev–Trinajstić information content (AvgIpc) is 2.56. The molecule has 0 radical (unpaired) electrons. The van der Waals surface area contributed by atoms with Gasteiger partial charge in [-0.1, -0.05) is 3.89 Å². The van der Waals surface area contributed by atoms with Gasteiger partial charge < -0.3 is 13.3 Å². The van der Waals surface area contributed by atoms with Crippen LogP contribution in [0, 0.1) is 5.82 Å². The van der Waals surface area contributed by atoms with Gasteiger partial charge >= 0.3 is 16.7 Å². The molecule has 6 nitrogen and oxygen atoms in total. The first kappa shape index (κ1) is 19.6. The van der Waals surface area contributed by atoms with E-state index in [0.717, 1.165) is 36.4 Å². The molecule has 0 amide bonds. The molecule has 1 aromatic heterocycles. The van der Waals surface area contributed by atoms with Crippen LogP contribution in [0.1, 0.15) is 5.76 Å². The summed E-state index contributed by atoms with van der Waals surface area (Å²) in [7, 11) is -5.44. The maximum absolute atomic E-state index is 13.3. The first-order valence-electron chi connectivity index (χ1n) is 7.19. The summed E-state index contributed by atoms with van der Waals surface area (Å²) in [5.41, 5.74) is -1.96. The molecule has 148 valence electrons. The normalized spacial score (nSPS) is 12.2. The lowest BCUT2D eigenvalue weighted by Gasteiger charge is -2.13. The van der Waals surface area contributed by atoms with Gasteiger partial charge in [-0.3, -0.25) is 4.79 Å². The second-order valence-corrected chi connectivity index (χ2v) is 6.23. The van der Waals surface area contributed by atoms with Crippen molar-refractivity contribution in [1.29, 1.82) is 0 Å². The van der Waals surface area contributed by atoms with Gasteiger partial charge in [-0.05, 0) is 36.4 Å². The number of benzene rings is 2. The van der Waals surface area contributed by atoms with Gasteiger partial charge in [0.25, 0.3) is 5.76 Å². The Bertz CT molecular complexity index is 1200. The summed E-state index contributed by atoms with van der Waals surface area (Å²) in [4.78, 5) is 12.5. The van der Waals surface area contributed by atoms with E-state index >= 15 is 0 Å². The van der Waals surface area contributed by atoms with Gasteiger partial charge in [0.15, 0.2) is 0 Å². The lowest BCUT2D eigenvalue weighted by molar-refractivity contribution is -0.154. The Morgan fingerprint density at radius 2 is 1.57 bits per heavy atom. The smallest absolute Gasteiger partial charge is 0.449 e. The second kappa shape index (κ2) is 6.78. The van der Waals surface area contributed by atoms with Crippen molar-refractivity contribution in [3.8, 4) is 17.2 Å². The van der Waals surface area contributed by atoms with Crippen molar-refractivity contribution in [3.63, 3.8) is 0 Å². The molecule has 1 heterocycles. The van der Waals surface area contributed by atoms with Crippen molar-refractivity contribution in [3.05, 3.63) is 64.3 Å². The van der Waals surface area contributed by atoms with E-state index in [-0.39, 0.29) is 5.75 Å². The van der Waals surface area contributed by atoms with Crippen LogP contribution in [0.25, 0.3) is 11.0 Å². The highest BCUT2D eigenvalue weighted by molar-refractivity contribution is 7.81. The van der Waals surface area contributed by atoms with Gasteiger partial charge in [-0.2, -0.15) is 21.6 Å². The highest BCUT2D eigenvalue weighted by atomic mass is 32.3. The molecule has 0 aliphatic rings. The van der Waals surface area contributed by atoms with Crippen molar-refractivity contribution < 1.29 is 43.2 Å². The van der Waals surface area contributed by atoms with Gasteiger partial charge in [0.2, 0.25) is 11.2 Å². The molecule has 0 fully saturated rings. The van der Waals surface area contributed by atoms with E-state index in [9.17, 15) is 34.7 Å². The Balaban J connectivity index is 2.19. The number of halogens is 5. The Labute approximate surface area is 153 Å². The standard InChI is InChI=1S/C16H7F5O6S/c17-8-1-3-9(4-2-8)25-14-13(22)11-6-5-10(27-28(21,23)24)7-12(11)26-15(14)16(18,19)20/h1-7H. The van der Waals surface area contributed by atoms with Crippen LogP contribution >= 0.6 is 0 Å². The summed E-state index contributed by atoms with van der Waals surface area (Å²) in [6.07, 6.45) is -5.17. The third-order valence-electron chi connectivity index (χ3n) is 3.31. The Morgan fingerprint density at radius 3 is 2.14 bits per heavy atom. The second-order valence-electron chi connectivity index (χ2n) is 5.28. The summed E-state index contributed by atoms with van der Waals surface area (Å²) < 4.78 is 100. The van der Waals surface area contributed by atoms with Crippen LogP contribution < -0.4 is 14.3 Å². The molecular weight excluding hydrogens is 415 g/mol. The van der Waals surface area contributed by atoms with Crippen LogP contribution in [0.4, 0.5) is 21.4 Å². The average molecular weight is 422 g/mol. The molecule has 28 heavy (non-hydrogen) atoms. The van der Waals surface area contributed by atoms with Crippen molar-refractivity contribution in [2.45, 2.75) is 6.18 Å². The van der Waals surface area contributed by atoms with Gasteiger partial charge in [0.1, 0.15) is 22.9 Å². The fraction of sp³-hybridized carbons (Fsp3) is 0.0625. The van der Waals surface area contributed by atoms with Crippen LogP contribution in [0.3, 0.4) is 0 Å². The number of hydrogen-bond acceptors (Lipinski definition) is 6. The van der Waals surface area contributed by atoms with Gasteiger partial charge in [0.05, 0.1) is 5.39 Å². The third kappa shape index (κ3) is 4.22. The zero-order valence-corrected chi connectivity index (χ0v) is 14.1. The van der Waals surface area contributed by atoms with Crippen LogP contribution in [0.5, 0.6) is 17.2 Å². The highest BCUT2D eigenvalue weighted by Gasteiger charge is 2.40. The Hall–Kier alpha value is -3.15. The first-order valence-corrected chi connectivity index (χ1v) is 8.50. The topological polar surface area (TPSA) is 82.8 Å². The molecule has 0 aliphatic carbocycles. The van der Waals surface area contributed by atoms with E-state index in [0.29, 0.717) is 6.07 Å². The molecule has 0 N–H and O–H groups in total. The van der Waals surface area contributed by atoms with Crippen LogP contribution in [-0.4, -0.2) is 8.42 Å². The largest absolute Gasteiger partial charge is 0.488 e. The number of rotatable bonds is 4. The fourth-order valence-corrected chi connectivity index (χ4v) is 2.56. The maximum atomic E-state index is 13.3. The summed E-state index contributed by atoms with van der Waals surface area (Å²) in [6.45, 7) is 0. The van der Waals surface area contributed by atoms with Crippen molar-refractivity contribution in [1.82, 2.24) is 0 Å². The molecule has 0 unspecified atom stereocenters. The molecule has 0 aliphatic heterocycles. The molecular formula is C16H7F5O6S. The molecule has 2 aromatic carbocycles. The Kier molecular flexibility index (Phi) is 4.75. The molecule has 0 bridgehead atoms. The molecule has 12 heteroatoms. The zero-order valence-electron chi connectivity index (χ0n) is 13.3. The van der Waals surface area contributed by atoms with E-state index in [1.165, 1.54) is 0 Å². The number of alkyl halides is 3. The van der Waals surface area contributed by atoms with Crippen LogP contribution in [0.15, 0.2) is 51.7 Å². The van der Waals surface area contributed by atoms with Gasteiger partial charge in [-0.15, -0.1) is 0 Å². The number of ether oxygens (including phenoxy) is 1. The lowest BCUT2D eigenvalue weighted by Crippen LogP contribution is -2.15. The molecule has 0 saturated heterocycles. The first-order chi connectivity index (χ1) is 12.9. The van der Waals surface area contributed by atoms with Crippen molar-refractivity contribution in [2.75, 3.05) is 0 Å². The highest BCUT2D eigenvalue weighted by Crippen LogP contribution is 2.38. The zero-order chi connectivity index (χ0) is 20.7. The molecule has 0 spiro atoms. The summed E-state index contributed by atoms with van der Waals surface area (Å²) >= 11 is 0. The van der Waals surface area contributed by atoms with Crippen LogP contribution in [0.2, 0.25) is 0 Å². The van der Waals surface area contributed by atoms with Crippen molar-refractivity contribution >= 4 is 21.5 Å². The van der Waals surface area contributed by atoms with Crippen LogP contribution in [-0.2, 0) is 16.7 Å². The van der Waals surface area contributed by atoms with Gasteiger partial charge in [-0.25, -0.2) is 4.39 Å². The monoisotopic (exact) mass is 422 g/mol. The summed E-state index contributed by atoms with van der Waals surface area (Å²) in [5, 5.41) is -0.422. The third-order valence-corrected chi connectivity index (χ3v) is 3.70. The van der Waals surface area contributed by atoms with E-state index in [2.05, 4.69) is 8.60 Å². The SMILES string of the molecule is O=c1c(Oc2ccc(F)cc2)c(C(F)(F)F)oc2cc(OS(=O)(=O)F)ccc12. The lowest BCUT2D eigenvalue weighted by atomic mass is 10.2.